The minimum absolute atomic E-state index is 0.0271. The highest BCUT2D eigenvalue weighted by molar-refractivity contribution is 7.13. The lowest BCUT2D eigenvalue weighted by Crippen LogP contribution is -2.55. The summed E-state index contributed by atoms with van der Waals surface area (Å²) in [6.07, 6.45) is 4.43. The topological polar surface area (TPSA) is 52.7 Å². The fourth-order valence-corrected chi connectivity index (χ4v) is 3.04. The van der Waals surface area contributed by atoms with Crippen molar-refractivity contribution >= 4 is 23.2 Å². The molecule has 0 bridgehead atoms. The van der Waals surface area contributed by atoms with Crippen LogP contribution < -0.4 is 5.32 Å². The van der Waals surface area contributed by atoms with Gasteiger partial charge in [0.1, 0.15) is 0 Å². The monoisotopic (exact) mass is 321 g/mol. The first-order valence-electron chi connectivity index (χ1n) is 7.44. The van der Waals surface area contributed by atoms with Crippen LogP contribution in [0.3, 0.4) is 0 Å². The zero-order valence-electron chi connectivity index (χ0n) is 13.3. The molecule has 1 N–H and O–H groups in total. The van der Waals surface area contributed by atoms with E-state index in [1.807, 2.05) is 49.0 Å². The number of aryl methyl sites for hydroxylation is 1. The Bertz CT molecular complexity index is 565. The quantitative estimate of drug-likeness (QED) is 0.808. The number of nitrogens with zero attached hydrogens (tertiary/aromatic N) is 2. The van der Waals surface area contributed by atoms with Crippen molar-refractivity contribution in [2.45, 2.75) is 19.4 Å². The maximum Gasteiger partial charge on any atom is 0.261 e. The molecule has 0 aromatic carbocycles. The molecule has 1 aromatic rings. The molecular formula is C16H23N3O2S. The predicted molar refractivity (Wildman–Crippen MR) is 89.2 cm³/mol. The summed E-state index contributed by atoms with van der Waals surface area (Å²) in [6.45, 7) is 4.01. The molecule has 22 heavy (non-hydrogen) atoms. The minimum Gasteiger partial charge on any atom is -0.349 e. The fourth-order valence-electron chi connectivity index (χ4n) is 2.26. The zero-order chi connectivity index (χ0) is 16.1. The SMILES string of the molecule is Cc1ccc(C(=O)NCC2CCN2C(=O)/C=C/CN(C)C)s1. The van der Waals surface area contributed by atoms with Gasteiger partial charge in [-0.1, -0.05) is 6.08 Å². The second kappa shape index (κ2) is 7.56. The number of rotatable bonds is 6. The van der Waals surface area contributed by atoms with E-state index in [2.05, 4.69) is 5.32 Å². The Morgan fingerprint density at radius 3 is 2.77 bits per heavy atom. The molecule has 2 heterocycles. The first kappa shape index (κ1) is 16.7. The van der Waals surface area contributed by atoms with Gasteiger partial charge in [-0.25, -0.2) is 0 Å². The van der Waals surface area contributed by atoms with E-state index in [-0.39, 0.29) is 17.9 Å². The summed E-state index contributed by atoms with van der Waals surface area (Å²) in [5.74, 6) is -0.0279. The molecule has 2 amide bonds. The molecule has 1 saturated heterocycles. The average molecular weight is 321 g/mol. The van der Waals surface area contributed by atoms with Gasteiger partial charge in [0.25, 0.3) is 5.91 Å². The largest absolute Gasteiger partial charge is 0.349 e. The molecule has 0 aliphatic carbocycles. The van der Waals surface area contributed by atoms with Crippen LogP contribution >= 0.6 is 11.3 Å². The minimum atomic E-state index is -0.0550. The Hall–Kier alpha value is -1.66. The molecule has 1 aliphatic heterocycles. The summed E-state index contributed by atoms with van der Waals surface area (Å²) >= 11 is 1.49. The van der Waals surface area contributed by atoms with Gasteiger partial charge in [0.15, 0.2) is 0 Å². The van der Waals surface area contributed by atoms with Crippen molar-refractivity contribution in [3.05, 3.63) is 34.0 Å². The first-order chi connectivity index (χ1) is 10.5. The molecular weight excluding hydrogens is 298 g/mol. The van der Waals surface area contributed by atoms with Crippen molar-refractivity contribution < 1.29 is 9.59 Å². The van der Waals surface area contributed by atoms with Gasteiger partial charge in [-0.2, -0.15) is 0 Å². The highest BCUT2D eigenvalue weighted by Gasteiger charge is 2.31. The highest BCUT2D eigenvalue weighted by atomic mass is 32.1. The summed E-state index contributed by atoms with van der Waals surface area (Å²) in [5.41, 5.74) is 0. The lowest BCUT2D eigenvalue weighted by atomic mass is 10.0. The maximum absolute atomic E-state index is 12.0. The molecule has 0 spiro atoms. The van der Waals surface area contributed by atoms with E-state index < -0.39 is 0 Å². The van der Waals surface area contributed by atoms with Crippen LogP contribution in [-0.2, 0) is 4.79 Å². The van der Waals surface area contributed by atoms with Crippen molar-refractivity contribution in [3.63, 3.8) is 0 Å². The van der Waals surface area contributed by atoms with Gasteiger partial charge in [-0.05, 0) is 39.6 Å². The summed E-state index contributed by atoms with van der Waals surface area (Å²) in [4.78, 5) is 29.7. The van der Waals surface area contributed by atoms with Crippen LogP contribution in [0.1, 0.15) is 21.0 Å². The Kier molecular flexibility index (Phi) is 5.74. The zero-order valence-corrected chi connectivity index (χ0v) is 14.2. The second-order valence-corrected chi connectivity index (χ2v) is 7.05. The third kappa shape index (κ3) is 4.42. The molecule has 1 aromatic heterocycles. The summed E-state index contributed by atoms with van der Waals surface area (Å²) < 4.78 is 0. The number of likely N-dealkylation sites (tertiary alicyclic amines) is 1. The number of nitrogens with one attached hydrogen (secondary N) is 1. The van der Waals surface area contributed by atoms with E-state index in [9.17, 15) is 9.59 Å². The average Bonchev–Trinajstić information content (AvgIpc) is 2.83. The summed E-state index contributed by atoms with van der Waals surface area (Å²) in [6, 6.07) is 3.89. The van der Waals surface area contributed by atoms with Gasteiger partial charge >= 0.3 is 0 Å². The highest BCUT2D eigenvalue weighted by Crippen LogP contribution is 2.18. The fraction of sp³-hybridized carbons (Fsp3) is 0.500. The number of thiophene rings is 1. The number of hydrogen-bond acceptors (Lipinski definition) is 4. The van der Waals surface area contributed by atoms with Crippen LogP contribution in [-0.4, -0.2) is 61.4 Å². The van der Waals surface area contributed by atoms with Crippen LogP contribution in [0.2, 0.25) is 0 Å². The van der Waals surface area contributed by atoms with Gasteiger partial charge in [0.2, 0.25) is 5.91 Å². The lowest BCUT2D eigenvalue weighted by molar-refractivity contribution is -0.133. The standard InChI is InChI=1S/C16H23N3O2S/c1-12-6-7-14(22-12)16(21)17-11-13-8-10-19(13)15(20)5-4-9-18(2)3/h4-7,13H,8-11H2,1-3H3,(H,17,21)/b5-4+. The summed E-state index contributed by atoms with van der Waals surface area (Å²) in [7, 11) is 3.92. The van der Waals surface area contributed by atoms with Crippen molar-refractivity contribution in [2.24, 2.45) is 0 Å². The molecule has 6 heteroatoms. The third-order valence-electron chi connectivity index (χ3n) is 3.62. The third-order valence-corrected chi connectivity index (χ3v) is 4.62. The van der Waals surface area contributed by atoms with Gasteiger partial charge in [0.05, 0.1) is 10.9 Å². The van der Waals surface area contributed by atoms with E-state index in [0.29, 0.717) is 6.54 Å². The van der Waals surface area contributed by atoms with Gasteiger partial charge in [0, 0.05) is 30.6 Å². The van der Waals surface area contributed by atoms with Crippen molar-refractivity contribution in [1.82, 2.24) is 15.1 Å². The Morgan fingerprint density at radius 1 is 1.45 bits per heavy atom. The predicted octanol–water partition coefficient (Wildman–Crippen LogP) is 1.51. The maximum atomic E-state index is 12.0. The van der Waals surface area contributed by atoms with Gasteiger partial charge in [-0.3, -0.25) is 9.59 Å². The van der Waals surface area contributed by atoms with E-state index in [0.717, 1.165) is 29.3 Å². The Labute approximate surface area is 135 Å². The van der Waals surface area contributed by atoms with Crippen LogP contribution in [0.5, 0.6) is 0 Å². The molecule has 1 fully saturated rings. The normalized spacial score (nSPS) is 17.8. The first-order valence-corrected chi connectivity index (χ1v) is 8.25. The smallest absolute Gasteiger partial charge is 0.261 e. The van der Waals surface area contributed by atoms with Gasteiger partial charge in [-0.15, -0.1) is 11.3 Å². The van der Waals surface area contributed by atoms with Crippen LogP contribution in [0, 0.1) is 6.92 Å². The van der Waals surface area contributed by atoms with E-state index >= 15 is 0 Å². The number of likely N-dealkylation sites (N-methyl/N-ethyl adjacent to an activating group) is 1. The van der Waals surface area contributed by atoms with Crippen molar-refractivity contribution in [1.29, 1.82) is 0 Å². The van der Waals surface area contributed by atoms with Crippen molar-refractivity contribution in [2.75, 3.05) is 33.7 Å². The van der Waals surface area contributed by atoms with Crippen LogP contribution in [0.25, 0.3) is 0 Å². The Balaban J connectivity index is 1.78. The molecule has 0 saturated carbocycles. The number of carbonyl (C=O) groups is 2. The molecule has 120 valence electrons. The molecule has 5 nitrogen and oxygen atoms in total. The summed E-state index contributed by atoms with van der Waals surface area (Å²) in [5, 5.41) is 2.92. The number of hydrogen-bond donors (Lipinski definition) is 1. The van der Waals surface area contributed by atoms with Gasteiger partial charge < -0.3 is 15.1 Å². The van der Waals surface area contributed by atoms with Crippen LogP contribution in [0.4, 0.5) is 0 Å². The molecule has 0 radical (unpaired) electrons. The lowest BCUT2D eigenvalue weighted by Gasteiger charge is -2.40. The van der Waals surface area contributed by atoms with E-state index in [1.165, 1.54) is 11.3 Å². The number of carbonyl (C=O) groups excluding carboxylic acids is 2. The van der Waals surface area contributed by atoms with Crippen LogP contribution in [0.15, 0.2) is 24.3 Å². The van der Waals surface area contributed by atoms with Crippen molar-refractivity contribution in [3.8, 4) is 0 Å². The Morgan fingerprint density at radius 2 is 2.23 bits per heavy atom. The second-order valence-electron chi connectivity index (χ2n) is 5.76. The molecule has 1 aliphatic rings. The molecule has 2 rings (SSSR count). The molecule has 1 unspecified atom stereocenters. The van der Waals surface area contributed by atoms with E-state index in [1.54, 1.807) is 6.08 Å². The van der Waals surface area contributed by atoms with E-state index in [4.69, 9.17) is 0 Å². The molecule has 1 atom stereocenters. The number of amides is 2.